The second-order valence-electron chi connectivity index (χ2n) is 4.85. The van der Waals surface area contributed by atoms with Crippen LogP contribution in [-0.4, -0.2) is 35.1 Å². The van der Waals surface area contributed by atoms with E-state index >= 15 is 0 Å². The number of sulfone groups is 1. The van der Waals surface area contributed by atoms with Crippen LogP contribution < -0.4 is 10.5 Å². The summed E-state index contributed by atoms with van der Waals surface area (Å²) < 4.78 is 29.4. The molecule has 2 heterocycles. The van der Waals surface area contributed by atoms with E-state index in [4.69, 9.17) is 22.1 Å². The van der Waals surface area contributed by atoms with Crippen LogP contribution in [0, 0.1) is 0 Å². The number of nitrogens with one attached hydrogen (secondary N) is 1. The molecule has 0 amide bonds. The number of hydrogen-bond acceptors (Lipinski definition) is 7. The number of H-pyrrole nitrogens is 1. The third kappa shape index (κ3) is 3.20. The monoisotopic (exact) mass is 353 g/mol. The highest BCUT2D eigenvalue weighted by molar-refractivity contribution is 7.90. The van der Waals surface area contributed by atoms with Crippen LogP contribution in [0.3, 0.4) is 0 Å². The number of rotatable bonds is 4. The van der Waals surface area contributed by atoms with Gasteiger partial charge in [-0.25, -0.2) is 13.4 Å². The summed E-state index contributed by atoms with van der Waals surface area (Å²) in [5, 5.41) is 10.6. The summed E-state index contributed by atoms with van der Waals surface area (Å²) in [5.41, 5.74) is 6.89. The van der Waals surface area contributed by atoms with Crippen molar-refractivity contribution in [1.29, 1.82) is 0 Å². The van der Waals surface area contributed by atoms with E-state index in [0.29, 0.717) is 27.5 Å². The van der Waals surface area contributed by atoms with E-state index in [2.05, 4.69) is 20.4 Å². The van der Waals surface area contributed by atoms with Gasteiger partial charge in [-0.15, -0.1) is 5.10 Å². The highest BCUT2D eigenvalue weighted by atomic mass is 35.5. The van der Waals surface area contributed by atoms with Gasteiger partial charge < -0.3 is 10.5 Å². The molecule has 0 atom stereocenters. The number of halogens is 1. The molecule has 0 spiro atoms. The minimum atomic E-state index is -3.44. The van der Waals surface area contributed by atoms with E-state index in [1.54, 1.807) is 12.1 Å². The second-order valence-corrected chi connectivity index (χ2v) is 7.27. The standard InChI is InChI=1S/C13H12ClN5O3S/c1-23(20,21)10-4-8(14)3-2-7(10)6-22-9-5-11(15)16-13-12(9)17-19-18-13/h2-5H,6H2,1H3,(H3,15,16,17,18,19). The summed E-state index contributed by atoms with van der Waals surface area (Å²) in [6, 6.07) is 6.09. The van der Waals surface area contributed by atoms with Gasteiger partial charge in [0.15, 0.2) is 21.1 Å². The van der Waals surface area contributed by atoms with Crippen LogP contribution in [0.1, 0.15) is 5.56 Å². The maximum absolute atomic E-state index is 11.9. The van der Waals surface area contributed by atoms with Crippen LogP contribution in [0.4, 0.5) is 5.82 Å². The molecule has 2 aromatic heterocycles. The Morgan fingerprint density at radius 2 is 2.09 bits per heavy atom. The number of nitrogens with zero attached hydrogens (tertiary/aromatic N) is 3. The van der Waals surface area contributed by atoms with Gasteiger partial charge in [0.25, 0.3) is 0 Å². The highest BCUT2D eigenvalue weighted by Crippen LogP contribution is 2.26. The SMILES string of the molecule is CS(=O)(=O)c1cc(Cl)ccc1COc1cc(N)nc2n[nH]nc12. The van der Waals surface area contributed by atoms with Crippen molar-refractivity contribution in [2.24, 2.45) is 0 Å². The summed E-state index contributed by atoms with van der Waals surface area (Å²) in [4.78, 5) is 4.11. The Kier molecular flexibility index (Phi) is 3.82. The van der Waals surface area contributed by atoms with Crippen LogP contribution in [-0.2, 0) is 16.4 Å². The number of pyridine rings is 1. The fraction of sp³-hybridized carbons (Fsp3) is 0.154. The van der Waals surface area contributed by atoms with E-state index in [1.165, 1.54) is 12.1 Å². The van der Waals surface area contributed by atoms with Crippen molar-refractivity contribution in [2.75, 3.05) is 12.0 Å². The third-order valence-electron chi connectivity index (χ3n) is 3.09. The zero-order chi connectivity index (χ0) is 16.6. The smallest absolute Gasteiger partial charge is 0.207 e. The van der Waals surface area contributed by atoms with Crippen molar-refractivity contribution in [2.45, 2.75) is 11.5 Å². The van der Waals surface area contributed by atoms with Crippen LogP contribution in [0.2, 0.25) is 5.02 Å². The Morgan fingerprint density at radius 3 is 2.83 bits per heavy atom. The number of nitrogens with two attached hydrogens (primary N) is 1. The second kappa shape index (κ2) is 5.67. The molecule has 23 heavy (non-hydrogen) atoms. The fourth-order valence-corrected chi connectivity index (χ4v) is 3.27. The molecule has 1 aromatic carbocycles. The first kappa shape index (κ1) is 15.5. The average Bonchev–Trinajstić information content (AvgIpc) is 2.92. The number of aromatic amines is 1. The number of aromatic nitrogens is 4. The lowest BCUT2D eigenvalue weighted by atomic mass is 10.2. The number of fused-ring (bicyclic) bond motifs is 1. The van der Waals surface area contributed by atoms with Gasteiger partial charge >= 0.3 is 0 Å². The number of anilines is 1. The van der Waals surface area contributed by atoms with Gasteiger partial charge in [-0.2, -0.15) is 10.3 Å². The Labute approximate surface area is 136 Å². The Bertz CT molecular complexity index is 986. The highest BCUT2D eigenvalue weighted by Gasteiger charge is 2.16. The molecular formula is C13H12ClN5O3S. The molecule has 3 aromatic rings. The molecule has 120 valence electrons. The van der Waals surface area contributed by atoms with Gasteiger partial charge in [0.05, 0.1) is 4.90 Å². The van der Waals surface area contributed by atoms with E-state index in [9.17, 15) is 8.42 Å². The van der Waals surface area contributed by atoms with Crippen molar-refractivity contribution in [3.05, 3.63) is 34.9 Å². The summed E-state index contributed by atoms with van der Waals surface area (Å²) in [6.45, 7) is 0.00495. The predicted molar refractivity (Wildman–Crippen MR) is 85.0 cm³/mol. The van der Waals surface area contributed by atoms with Gasteiger partial charge in [0.1, 0.15) is 12.4 Å². The zero-order valence-electron chi connectivity index (χ0n) is 11.9. The molecule has 3 N–H and O–H groups in total. The largest absolute Gasteiger partial charge is 0.486 e. The van der Waals surface area contributed by atoms with Crippen molar-refractivity contribution in [1.82, 2.24) is 20.4 Å². The van der Waals surface area contributed by atoms with E-state index < -0.39 is 9.84 Å². The summed E-state index contributed by atoms with van der Waals surface area (Å²) in [6.07, 6.45) is 1.11. The molecule has 8 nitrogen and oxygen atoms in total. The average molecular weight is 354 g/mol. The Morgan fingerprint density at radius 1 is 1.30 bits per heavy atom. The van der Waals surface area contributed by atoms with Crippen LogP contribution >= 0.6 is 11.6 Å². The summed E-state index contributed by atoms with van der Waals surface area (Å²) in [7, 11) is -3.44. The molecule has 0 fully saturated rings. The molecule has 0 aliphatic heterocycles. The van der Waals surface area contributed by atoms with Gasteiger partial charge in [-0.1, -0.05) is 17.7 Å². The van der Waals surface area contributed by atoms with Gasteiger partial charge in [0.2, 0.25) is 5.65 Å². The van der Waals surface area contributed by atoms with Crippen molar-refractivity contribution < 1.29 is 13.2 Å². The zero-order valence-corrected chi connectivity index (χ0v) is 13.5. The third-order valence-corrected chi connectivity index (χ3v) is 4.50. The minimum Gasteiger partial charge on any atom is -0.486 e. The van der Waals surface area contributed by atoms with E-state index in [1.807, 2.05) is 0 Å². The molecule has 0 aliphatic rings. The number of hydrogen-bond donors (Lipinski definition) is 2. The van der Waals surface area contributed by atoms with Crippen molar-refractivity contribution >= 4 is 38.4 Å². The first-order chi connectivity index (χ1) is 10.8. The first-order valence-corrected chi connectivity index (χ1v) is 8.70. The van der Waals surface area contributed by atoms with Gasteiger partial charge in [0, 0.05) is 22.9 Å². The molecule has 10 heteroatoms. The maximum Gasteiger partial charge on any atom is 0.207 e. The number of nitrogen functional groups attached to an aromatic ring is 1. The lowest BCUT2D eigenvalue weighted by Gasteiger charge is -2.11. The quantitative estimate of drug-likeness (QED) is 0.729. The number of ether oxygens (including phenoxy) is 1. The molecule has 0 unspecified atom stereocenters. The summed E-state index contributed by atoms with van der Waals surface area (Å²) >= 11 is 5.87. The molecule has 0 aliphatic carbocycles. The minimum absolute atomic E-state index is 0.00495. The van der Waals surface area contributed by atoms with Crippen LogP contribution in [0.15, 0.2) is 29.2 Å². The normalized spacial score (nSPS) is 11.7. The molecule has 3 rings (SSSR count). The molecule has 0 bridgehead atoms. The molecule has 0 saturated heterocycles. The van der Waals surface area contributed by atoms with Gasteiger partial charge in [-0.05, 0) is 12.1 Å². The first-order valence-electron chi connectivity index (χ1n) is 6.43. The molecular weight excluding hydrogens is 342 g/mol. The molecule has 0 radical (unpaired) electrons. The van der Waals surface area contributed by atoms with Crippen LogP contribution in [0.5, 0.6) is 5.75 Å². The Balaban J connectivity index is 1.96. The lowest BCUT2D eigenvalue weighted by Crippen LogP contribution is -2.06. The lowest BCUT2D eigenvalue weighted by molar-refractivity contribution is 0.306. The van der Waals surface area contributed by atoms with Crippen molar-refractivity contribution in [3.8, 4) is 5.75 Å². The molecule has 0 saturated carbocycles. The van der Waals surface area contributed by atoms with E-state index in [0.717, 1.165) is 6.26 Å². The number of benzene rings is 1. The fourth-order valence-electron chi connectivity index (χ4n) is 2.08. The van der Waals surface area contributed by atoms with Gasteiger partial charge in [-0.3, -0.25) is 0 Å². The van der Waals surface area contributed by atoms with Crippen LogP contribution in [0.25, 0.3) is 11.2 Å². The summed E-state index contributed by atoms with van der Waals surface area (Å²) in [5.74, 6) is 0.580. The van der Waals surface area contributed by atoms with E-state index in [-0.39, 0.29) is 17.3 Å². The maximum atomic E-state index is 11.9. The predicted octanol–water partition coefficient (Wildman–Crippen LogP) is 1.57. The van der Waals surface area contributed by atoms with Crippen molar-refractivity contribution in [3.63, 3.8) is 0 Å². The Hall–Kier alpha value is -2.39. The topological polar surface area (TPSA) is 124 Å².